The van der Waals surface area contributed by atoms with E-state index in [1.165, 1.54) is 11.1 Å². The highest BCUT2D eigenvalue weighted by molar-refractivity contribution is 5.94. The molecule has 2 aliphatic heterocycles. The SMILES string of the molecule is N#Cc1ccc(CN2CCC(NC(=O)c3cccc(OC4CCN(Cc5ccc(-n6cccn6)cc5)CC4)c3)CC2)cc1. The molecule has 2 saturated heterocycles. The number of nitrogens with zero attached hydrogens (tertiary/aromatic N) is 5. The fraction of sp³-hybridized carbons (Fsp3) is 0.343. The minimum atomic E-state index is -0.0376. The van der Waals surface area contributed by atoms with Crippen LogP contribution < -0.4 is 10.1 Å². The second-order valence-electron chi connectivity index (χ2n) is 11.6. The Morgan fingerprint density at radius 1 is 0.860 bits per heavy atom. The summed E-state index contributed by atoms with van der Waals surface area (Å²) in [4.78, 5) is 18.0. The van der Waals surface area contributed by atoms with Gasteiger partial charge in [-0.1, -0.05) is 30.3 Å². The third-order valence-corrected chi connectivity index (χ3v) is 8.46. The molecule has 8 nitrogen and oxygen atoms in total. The monoisotopic (exact) mass is 574 g/mol. The molecule has 3 aromatic carbocycles. The maximum Gasteiger partial charge on any atom is 0.251 e. The Labute approximate surface area is 253 Å². The number of hydrogen-bond donors (Lipinski definition) is 1. The van der Waals surface area contributed by atoms with E-state index in [9.17, 15) is 4.79 Å². The van der Waals surface area contributed by atoms with E-state index < -0.39 is 0 Å². The van der Waals surface area contributed by atoms with E-state index in [2.05, 4.69) is 50.5 Å². The summed E-state index contributed by atoms with van der Waals surface area (Å²) in [6, 6.07) is 28.2. The van der Waals surface area contributed by atoms with Crippen LogP contribution in [-0.4, -0.2) is 63.8 Å². The molecule has 4 aromatic rings. The zero-order valence-corrected chi connectivity index (χ0v) is 24.4. The van der Waals surface area contributed by atoms with Gasteiger partial charge in [0.05, 0.1) is 17.3 Å². The lowest BCUT2D eigenvalue weighted by Gasteiger charge is -2.32. The molecule has 43 heavy (non-hydrogen) atoms. The molecule has 0 bridgehead atoms. The first-order valence-corrected chi connectivity index (χ1v) is 15.2. The second kappa shape index (κ2) is 13.7. The van der Waals surface area contributed by atoms with Gasteiger partial charge in [-0.25, -0.2) is 4.68 Å². The van der Waals surface area contributed by atoms with Crippen LogP contribution in [0.2, 0.25) is 0 Å². The number of carbonyl (C=O) groups is 1. The minimum absolute atomic E-state index is 0.0376. The van der Waals surface area contributed by atoms with Crippen LogP contribution in [0.25, 0.3) is 5.69 Å². The third kappa shape index (κ3) is 7.69. The maximum absolute atomic E-state index is 13.1. The van der Waals surface area contributed by atoms with Crippen LogP contribution in [0.1, 0.15) is 52.7 Å². The van der Waals surface area contributed by atoms with Crippen LogP contribution in [0.4, 0.5) is 0 Å². The van der Waals surface area contributed by atoms with Gasteiger partial charge in [0.25, 0.3) is 5.91 Å². The van der Waals surface area contributed by atoms with E-state index >= 15 is 0 Å². The summed E-state index contributed by atoms with van der Waals surface area (Å²) in [6.07, 6.45) is 7.66. The molecule has 220 valence electrons. The minimum Gasteiger partial charge on any atom is -0.490 e. The van der Waals surface area contributed by atoms with Crippen molar-refractivity contribution in [1.29, 1.82) is 5.26 Å². The molecule has 0 unspecified atom stereocenters. The Bertz CT molecular complexity index is 1510. The molecule has 0 saturated carbocycles. The zero-order chi connectivity index (χ0) is 29.4. The number of piperidine rings is 2. The molecule has 3 heterocycles. The summed E-state index contributed by atoms with van der Waals surface area (Å²) < 4.78 is 8.21. The number of nitrogens with one attached hydrogen (secondary N) is 1. The van der Waals surface area contributed by atoms with Gasteiger partial charge in [0, 0.05) is 63.3 Å². The van der Waals surface area contributed by atoms with Crippen molar-refractivity contribution in [2.75, 3.05) is 26.2 Å². The van der Waals surface area contributed by atoms with Crippen molar-refractivity contribution in [3.05, 3.63) is 114 Å². The van der Waals surface area contributed by atoms with Crippen LogP contribution in [0.5, 0.6) is 5.75 Å². The molecule has 0 spiro atoms. The Morgan fingerprint density at radius 3 is 2.14 bits per heavy atom. The molecule has 6 rings (SSSR count). The second-order valence-corrected chi connectivity index (χ2v) is 11.6. The summed E-state index contributed by atoms with van der Waals surface area (Å²) in [5.74, 6) is 0.724. The number of aromatic nitrogens is 2. The Balaban J connectivity index is 0.929. The Kier molecular flexibility index (Phi) is 9.12. The van der Waals surface area contributed by atoms with Crippen LogP contribution in [0.15, 0.2) is 91.3 Å². The quantitative estimate of drug-likeness (QED) is 0.297. The molecule has 2 aliphatic rings. The van der Waals surface area contributed by atoms with Crippen molar-refractivity contribution in [3.8, 4) is 17.5 Å². The van der Waals surface area contributed by atoms with E-state index in [-0.39, 0.29) is 18.1 Å². The Hall–Kier alpha value is -4.45. The van der Waals surface area contributed by atoms with Gasteiger partial charge >= 0.3 is 0 Å². The number of rotatable bonds is 9. The highest BCUT2D eigenvalue weighted by atomic mass is 16.5. The first kappa shape index (κ1) is 28.7. The maximum atomic E-state index is 13.1. The summed E-state index contributed by atoms with van der Waals surface area (Å²) >= 11 is 0. The Morgan fingerprint density at radius 2 is 1.51 bits per heavy atom. The fourth-order valence-electron chi connectivity index (χ4n) is 5.97. The number of amides is 1. The average Bonchev–Trinajstić information content (AvgIpc) is 3.59. The lowest BCUT2D eigenvalue weighted by Crippen LogP contribution is -2.44. The largest absolute Gasteiger partial charge is 0.490 e. The van der Waals surface area contributed by atoms with Gasteiger partial charge in [0.2, 0.25) is 0 Å². The van der Waals surface area contributed by atoms with Crippen molar-refractivity contribution < 1.29 is 9.53 Å². The first-order chi connectivity index (χ1) is 21.1. The molecule has 0 aliphatic carbocycles. The average molecular weight is 575 g/mol. The molecule has 1 N–H and O–H groups in total. The van der Waals surface area contributed by atoms with Gasteiger partial charge in [-0.2, -0.15) is 10.4 Å². The van der Waals surface area contributed by atoms with Crippen molar-refractivity contribution in [1.82, 2.24) is 24.9 Å². The number of nitriles is 1. The van der Waals surface area contributed by atoms with Crippen molar-refractivity contribution in [2.24, 2.45) is 0 Å². The van der Waals surface area contributed by atoms with Crippen LogP contribution in [-0.2, 0) is 13.1 Å². The fourth-order valence-corrected chi connectivity index (χ4v) is 5.97. The number of benzene rings is 3. The zero-order valence-electron chi connectivity index (χ0n) is 24.4. The topological polar surface area (TPSA) is 86.4 Å². The summed E-state index contributed by atoms with van der Waals surface area (Å²) in [5.41, 5.74) is 4.91. The van der Waals surface area contributed by atoms with E-state index in [1.54, 1.807) is 6.20 Å². The molecule has 0 radical (unpaired) electrons. The molecule has 2 fully saturated rings. The van der Waals surface area contributed by atoms with E-state index in [0.29, 0.717) is 11.1 Å². The van der Waals surface area contributed by atoms with Gasteiger partial charge in [0.1, 0.15) is 11.9 Å². The predicted molar refractivity (Wildman–Crippen MR) is 166 cm³/mol. The number of carbonyl (C=O) groups excluding carboxylic acids is 1. The molecular weight excluding hydrogens is 536 g/mol. The summed E-state index contributed by atoms with van der Waals surface area (Å²) in [6.45, 7) is 5.62. The smallest absolute Gasteiger partial charge is 0.251 e. The number of ether oxygens (including phenoxy) is 1. The van der Waals surface area contributed by atoms with Crippen molar-refractivity contribution in [2.45, 2.75) is 50.9 Å². The van der Waals surface area contributed by atoms with Gasteiger partial charge in [0.15, 0.2) is 0 Å². The normalized spacial score (nSPS) is 16.9. The summed E-state index contributed by atoms with van der Waals surface area (Å²) in [5, 5.41) is 16.5. The van der Waals surface area contributed by atoms with Crippen LogP contribution in [0, 0.1) is 11.3 Å². The van der Waals surface area contributed by atoms with E-state index in [0.717, 1.165) is 76.4 Å². The van der Waals surface area contributed by atoms with Gasteiger partial charge in [-0.3, -0.25) is 14.6 Å². The van der Waals surface area contributed by atoms with Crippen LogP contribution in [0.3, 0.4) is 0 Å². The number of likely N-dealkylation sites (tertiary alicyclic amines) is 2. The standard InChI is InChI=1S/C35H38N6O2/c36-24-27-5-7-28(8-6-27)25-39-19-13-31(14-20-39)38-35(42)30-3-1-4-34(23-30)43-33-15-21-40(22-16-33)26-29-9-11-32(12-10-29)41-18-2-17-37-41/h1-12,17-18,23,31,33H,13-16,19-22,25-26H2,(H,38,42). The highest BCUT2D eigenvalue weighted by Gasteiger charge is 2.23. The molecular formula is C35H38N6O2. The lowest BCUT2D eigenvalue weighted by atomic mass is 10.0. The number of hydrogen-bond acceptors (Lipinski definition) is 6. The van der Waals surface area contributed by atoms with E-state index in [4.69, 9.17) is 10.00 Å². The predicted octanol–water partition coefficient (Wildman–Crippen LogP) is 5.18. The van der Waals surface area contributed by atoms with Gasteiger partial charge in [-0.05, 0) is 85.3 Å². The van der Waals surface area contributed by atoms with Crippen molar-refractivity contribution in [3.63, 3.8) is 0 Å². The van der Waals surface area contributed by atoms with Crippen LogP contribution >= 0.6 is 0 Å². The van der Waals surface area contributed by atoms with Gasteiger partial charge in [-0.15, -0.1) is 0 Å². The lowest BCUT2D eigenvalue weighted by molar-refractivity contribution is 0.0900. The highest BCUT2D eigenvalue weighted by Crippen LogP contribution is 2.22. The molecule has 0 atom stereocenters. The summed E-state index contributed by atoms with van der Waals surface area (Å²) in [7, 11) is 0. The van der Waals surface area contributed by atoms with E-state index in [1.807, 2.05) is 65.5 Å². The molecule has 1 amide bonds. The molecule has 8 heteroatoms. The first-order valence-electron chi connectivity index (χ1n) is 15.2. The molecule has 1 aromatic heterocycles. The van der Waals surface area contributed by atoms with Gasteiger partial charge < -0.3 is 10.1 Å². The van der Waals surface area contributed by atoms with Crippen molar-refractivity contribution >= 4 is 5.91 Å². The third-order valence-electron chi connectivity index (χ3n) is 8.46.